The number of ether oxygens (including phenoxy) is 3. The number of rotatable bonds is 9. The summed E-state index contributed by atoms with van der Waals surface area (Å²) in [6.07, 6.45) is 2.36. The summed E-state index contributed by atoms with van der Waals surface area (Å²) in [5, 5.41) is 12.9. The fourth-order valence-electron chi connectivity index (χ4n) is 2.20. The van der Waals surface area contributed by atoms with Gasteiger partial charge >= 0.3 is 0 Å². The Hall–Kier alpha value is -3.05. The molecule has 1 amide bonds. The lowest BCUT2D eigenvalue weighted by molar-refractivity contribution is -0.123. The number of carbonyl (C=O) groups excluding carboxylic acids is 1. The molecule has 1 N–H and O–H groups in total. The molecule has 0 aromatic heterocycles. The van der Waals surface area contributed by atoms with Gasteiger partial charge in [0.2, 0.25) is 0 Å². The first-order valence-electron chi connectivity index (χ1n) is 8.53. The fraction of sp³-hybridized carbons (Fsp3) is 0.250. The largest absolute Gasteiger partial charge is 0.493 e. The molecule has 0 spiro atoms. The van der Waals surface area contributed by atoms with E-state index in [4.69, 9.17) is 19.5 Å². The molecule has 0 atom stereocenters. The minimum absolute atomic E-state index is 0.257. The van der Waals surface area contributed by atoms with Crippen LogP contribution in [0.2, 0.25) is 0 Å². The van der Waals surface area contributed by atoms with E-state index in [9.17, 15) is 4.79 Å². The number of benzene rings is 2. The van der Waals surface area contributed by atoms with Crippen molar-refractivity contribution in [1.82, 2.24) is 5.43 Å². The predicted molar refractivity (Wildman–Crippen MR) is 109 cm³/mol. The topological polar surface area (TPSA) is 92.9 Å². The number of methoxy groups -OCH3 is 1. The third-order valence-corrected chi connectivity index (χ3v) is 4.06. The fourth-order valence-corrected chi connectivity index (χ4v) is 2.77. The van der Waals surface area contributed by atoms with Crippen LogP contribution in [0, 0.1) is 11.3 Å². The first kappa shape index (κ1) is 21.3. The van der Waals surface area contributed by atoms with Crippen molar-refractivity contribution in [2.75, 3.05) is 20.3 Å². The Morgan fingerprint density at radius 2 is 2.07 bits per heavy atom. The van der Waals surface area contributed by atoms with Crippen LogP contribution in [-0.2, 0) is 4.79 Å². The molecular weight excluding hydrogens is 426 g/mol. The van der Waals surface area contributed by atoms with Gasteiger partial charge < -0.3 is 14.2 Å². The van der Waals surface area contributed by atoms with E-state index in [0.29, 0.717) is 35.0 Å². The van der Waals surface area contributed by atoms with E-state index >= 15 is 0 Å². The summed E-state index contributed by atoms with van der Waals surface area (Å²) >= 11 is 3.45. The van der Waals surface area contributed by atoms with E-state index in [1.165, 1.54) is 6.21 Å². The van der Waals surface area contributed by atoms with Crippen molar-refractivity contribution >= 4 is 28.1 Å². The number of halogens is 1. The summed E-state index contributed by atoms with van der Waals surface area (Å²) in [5.74, 6) is 1.08. The molecule has 2 rings (SSSR count). The summed E-state index contributed by atoms with van der Waals surface area (Å²) in [6.45, 7) is 2.34. The Morgan fingerprint density at radius 3 is 2.79 bits per heavy atom. The highest BCUT2D eigenvalue weighted by molar-refractivity contribution is 9.10. The lowest BCUT2D eigenvalue weighted by Crippen LogP contribution is -2.24. The number of nitrogens with zero attached hydrogens (tertiary/aromatic N) is 2. The van der Waals surface area contributed by atoms with Gasteiger partial charge in [0, 0.05) is 0 Å². The van der Waals surface area contributed by atoms with Gasteiger partial charge in [0.15, 0.2) is 18.1 Å². The molecule has 0 aliphatic heterocycles. The van der Waals surface area contributed by atoms with E-state index in [0.717, 1.165) is 10.9 Å². The molecule has 0 unspecified atom stereocenters. The van der Waals surface area contributed by atoms with Gasteiger partial charge in [-0.05, 0) is 52.2 Å². The molecular formula is C20H20BrN3O4. The minimum atomic E-state index is -0.446. The van der Waals surface area contributed by atoms with E-state index in [1.54, 1.807) is 37.4 Å². The number of hydrazone groups is 1. The van der Waals surface area contributed by atoms with Crippen molar-refractivity contribution in [3.63, 3.8) is 0 Å². The van der Waals surface area contributed by atoms with Crippen molar-refractivity contribution in [3.8, 4) is 23.3 Å². The zero-order chi connectivity index (χ0) is 20.4. The summed E-state index contributed by atoms with van der Waals surface area (Å²) in [4.78, 5) is 11.9. The van der Waals surface area contributed by atoms with Crippen LogP contribution >= 0.6 is 15.9 Å². The Balaban J connectivity index is 1.95. The molecule has 28 heavy (non-hydrogen) atoms. The zero-order valence-electron chi connectivity index (χ0n) is 15.6. The zero-order valence-corrected chi connectivity index (χ0v) is 17.2. The Kier molecular flexibility index (Phi) is 8.31. The van der Waals surface area contributed by atoms with E-state index in [-0.39, 0.29) is 6.61 Å². The van der Waals surface area contributed by atoms with Crippen molar-refractivity contribution in [1.29, 1.82) is 5.26 Å². The maximum Gasteiger partial charge on any atom is 0.277 e. The lowest BCUT2D eigenvalue weighted by Gasteiger charge is -2.12. The first-order chi connectivity index (χ1) is 13.6. The molecule has 2 aromatic carbocycles. The average Bonchev–Trinajstić information content (AvgIpc) is 2.71. The Labute approximate surface area is 172 Å². The number of amides is 1. The second-order valence-corrected chi connectivity index (χ2v) is 6.43. The number of carbonyl (C=O) groups is 1. The number of hydrogen-bond acceptors (Lipinski definition) is 6. The summed E-state index contributed by atoms with van der Waals surface area (Å²) in [5.41, 5.74) is 3.45. The van der Waals surface area contributed by atoms with Crippen LogP contribution in [0.4, 0.5) is 0 Å². The molecule has 0 radical (unpaired) electrons. The quantitative estimate of drug-likeness (QED) is 0.469. The highest BCUT2D eigenvalue weighted by Crippen LogP contribution is 2.36. The van der Waals surface area contributed by atoms with E-state index in [2.05, 4.69) is 26.5 Å². The van der Waals surface area contributed by atoms with Crippen LogP contribution < -0.4 is 19.6 Å². The molecule has 0 heterocycles. The average molecular weight is 446 g/mol. The van der Waals surface area contributed by atoms with Crippen LogP contribution in [0.1, 0.15) is 24.5 Å². The van der Waals surface area contributed by atoms with Gasteiger partial charge in [-0.25, -0.2) is 5.43 Å². The smallest absolute Gasteiger partial charge is 0.277 e. The molecule has 0 aliphatic rings. The van der Waals surface area contributed by atoms with Crippen molar-refractivity contribution < 1.29 is 19.0 Å². The van der Waals surface area contributed by atoms with Crippen LogP contribution in [0.25, 0.3) is 0 Å². The molecule has 8 heteroatoms. The minimum Gasteiger partial charge on any atom is -0.493 e. The summed E-state index contributed by atoms with van der Waals surface area (Å²) < 4.78 is 17.1. The molecule has 0 aliphatic carbocycles. The normalized spacial score (nSPS) is 10.4. The molecule has 0 saturated heterocycles. The second-order valence-electron chi connectivity index (χ2n) is 5.57. The number of nitriles is 1. The molecule has 7 nitrogen and oxygen atoms in total. The third kappa shape index (κ3) is 5.99. The predicted octanol–water partition coefficient (Wildman–Crippen LogP) is 3.65. The van der Waals surface area contributed by atoms with Gasteiger partial charge in [-0.1, -0.05) is 19.1 Å². The van der Waals surface area contributed by atoms with Crippen LogP contribution in [0.5, 0.6) is 17.2 Å². The van der Waals surface area contributed by atoms with Crippen LogP contribution in [0.15, 0.2) is 46.0 Å². The summed E-state index contributed by atoms with van der Waals surface area (Å²) in [6, 6.07) is 12.3. The van der Waals surface area contributed by atoms with Crippen LogP contribution in [-0.4, -0.2) is 32.4 Å². The van der Waals surface area contributed by atoms with Gasteiger partial charge in [-0.2, -0.15) is 10.4 Å². The highest BCUT2D eigenvalue weighted by Gasteiger charge is 2.11. The molecule has 146 valence electrons. The number of nitrogens with one attached hydrogen (secondary N) is 1. The van der Waals surface area contributed by atoms with Gasteiger partial charge in [0.05, 0.1) is 30.0 Å². The number of hydrogen-bond donors (Lipinski definition) is 1. The lowest BCUT2D eigenvalue weighted by atomic mass is 10.2. The second kappa shape index (κ2) is 10.9. The monoisotopic (exact) mass is 445 g/mol. The first-order valence-corrected chi connectivity index (χ1v) is 9.32. The van der Waals surface area contributed by atoms with Crippen molar-refractivity contribution in [2.45, 2.75) is 13.3 Å². The highest BCUT2D eigenvalue weighted by atomic mass is 79.9. The SMILES string of the molecule is CCCOc1c(Br)cc(/C=N/NC(=O)COc2ccccc2C#N)cc1OC. The molecule has 0 bridgehead atoms. The van der Waals surface area contributed by atoms with Gasteiger partial charge in [-0.3, -0.25) is 4.79 Å². The van der Waals surface area contributed by atoms with Gasteiger partial charge in [0.1, 0.15) is 11.8 Å². The standard InChI is InChI=1S/C20H20BrN3O4/c1-3-8-27-20-16(21)9-14(10-18(20)26-2)12-23-24-19(25)13-28-17-7-5-4-6-15(17)11-22/h4-7,9-10,12H,3,8,13H2,1-2H3,(H,24,25)/b23-12+. The van der Waals surface area contributed by atoms with Crippen LogP contribution in [0.3, 0.4) is 0 Å². The Bertz CT molecular complexity index is 894. The third-order valence-electron chi connectivity index (χ3n) is 3.47. The van der Waals surface area contributed by atoms with E-state index < -0.39 is 5.91 Å². The van der Waals surface area contributed by atoms with E-state index in [1.807, 2.05) is 19.1 Å². The molecule has 0 saturated carbocycles. The maximum atomic E-state index is 11.9. The van der Waals surface area contributed by atoms with Crippen molar-refractivity contribution in [3.05, 3.63) is 52.0 Å². The molecule has 0 fully saturated rings. The maximum absolute atomic E-state index is 11.9. The van der Waals surface area contributed by atoms with Crippen molar-refractivity contribution in [2.24, 2.45) is 5.10 Å². The molecule has 2 aromatic rings. The number of para-hydroxylation sites is 1. The summed E-state index contributed by atoms with van der Waals surface area (Å²) in [7, 11) is 1.56. The Morgan fingerprint density at radius 1 is 1.29 bits per heavy atom. The van der Waals surface area contributed by atoms with Gasteiger partial charge in [0.25, 0.3) is 5.91 Å². The van der Waals surface area contributed by atoms with Gasteiger partial charge in [-0.15, -0.1) is 0 Å².